The van der Waals surface area contributed by atoms with Crippen LogP contribution in [0.3, 0.4) is 0 Å². The third kappa shape index (κ3) is 5.06. The first-order chi connectivity index (χ1) is 11.7. The van der Waals surface area contributed by atoms with Crippen LogP contribution in [0.15, 0.2) is 48.5 Å². The number of carbonyl (C=O) groups is 1. The maximum absolute atomic E-state index is 12.1. The summed E-state index contributed by atoms with van der Waals surface area (Å²) in [4.78, 5) is 12.1. The van der Waals surface area contributed by atoms with Gasteiger partial charge in [0.25, 0.3) is 5.91 Å². The van der Waals surface area contributed by atoms with Crippen molar-refractivity contribution in [2.75, 3.05) is 19.8 Å². The molecule has 4 heteroatoms. The summed E-state index contributed by atoms with van der Waals surface area (Å²) in [6.07, 6.45) is 0. The molecule has 1 N–H and O–H groups in total. The van der Waals surface area contributed by atoms with Gasteiger partial charge in [-0.1, -0.05) is 42.2 Å². The zero-order valence-electron chi connectivity index (χ0n) is 14.0. The molecular formula is C20H21NO3. The van der Waals surface area contributed by atoms with E-state index >= 15 is 0 Å². The van der Waals surface area contributed by atoms with E-state index in [2.05, 4.69) is 17.2 Å². The van der Waals surface area contributed by atoms with Crippen molar-refractivity contribution in [2.24, 2.45) is 0 Å². The Balaban J connectivity index is 1.80. The Labute approximate surface area is 142 Å². The molecule has 0 aliphatic carbocycles. The summed E-state index contributed by atoms with van der Waals surface area (Å²) in [7, 11) is 0. The van der Waals surface area contributed by atoms with E-state index in [-0.39, 0.29) is 19.1 Å². The van der Waals surface area contributed by atoms with Crippen LogP contribution in [0, 0.1) is 18.8 Å². The van der Waals surface area contributed by atoms with Crippen LogP contribution in [0.25, 0.3) is 0 Å². The average Bonchev–Trinajstić information content (AvgIpc) is 2.60. The summed E-state index contributed by atoms with van der Waals surface area (Å²) in [5.74, 6) is 6.97. The molecule has 24 heavy (non-hydrogen) atoms. The number of ether oxygens (including phenoxy) is 2. The van der Waals surface area contributed by atoms with Crippen molar-refractivity contribution < 1.29 is 14.3 Å². The van der Waals surface area contributed by atoms with E-state index in [1.54, 1.807) is 18.2 Å². The Morgan fingerprint density at radius 1 is 1.00 bits per heavy atom. The molecule has 0 fully saturated rings. The van der Waals surface area contributed by atoms with Crippen molar-refractivity contribution in [1.29, 1.82) is 0 Å². The van der Waals surface area contributed by atoms with Crippen molar-refractivity contribution in [3.63, 3.8) is 0 Å². The number of aryl methyl sites for hydroxylation is 1. The maximum atomic E-state index is 12.1. The molecule has 0 saturated carbocycles. The Morgan fingerprint density at radius 3 is 2.46 bits per heavy atom. The van der Waals surface area contributed by atoms with Gasteiger partial charge in [0.05, 0.1) is 18.7 Å². The monoisotopic (exact) mass is 323 g/mol. The average molecular weight is 323 g/mol. The summed E-state index contributed by atoms with van der Waals surface area (Å²) in [6.45, 7) is 4.93. The number of rotatable bonds is 6. The highest BCUT2D eigenvalue weighted by Crippen LogP contribution is 2.17. The summed E-state index contributed by atoms with van der Waals surface area (Å²) in [6, 6.07) is 14.9. The molecule has 124 valence electrons. The van der Waals surface area contributed by atoms with Gasteiger partial charge in [-0.25, -0.2) is 0 Å². The van der Waals surface area contributed by atoms with Gasteiger partial charge >= 0.3 is 0 Å². The normalized spacial score (nSPS) is 9.58. The van der Waals surface area contributed by atoms with Crippen molar-refractivity contribution in [3.8, 4) is 23.3 Å². The van der Waals surface area contributed by atoms with Gasteiger partial charge in [0.15, 0.2) is 0 Å². The van der Waals surface area contributed by atoms with Gasteiger partial charge in [0.2, 0.25) is 0 Å². The molecule has 1 amide bonds. The molecule has 0 radical (unpaired) electrons. The Hall–Kier alpha value is -2.93. The Morgan fingerprint density at radius 2 is 1.71 bits per heavy atom. The lowest BCUT2D eigenvalue weighted by Crippen LogP contribution is -2.24. The maximum Gasteiger partial charge on any atom is 0.255 e. The van der Waals surface area contributed by atoms with Crippen molar-refractivity contribution in [3.05, 3.63) is 59.7 Å². The first-order valence-electron chi connectivity index (χ1n) is 7.86. The molecule has 4 nitrogen and oxygen atoms in total. The van der Waals surface area contributed by atoms with Crippen LogP contribution in [-0.4, -0.2) is 25.7 Å². The number of carbonyl (C=O) groups excluding carboxylic acids is 1. The second kappa shape index (κ2) is 9.26. The lowest BCUT2D eigenvalue weighted by molar-refractivity contribution is 0.0955. The van der Waals surface area contributed by atoms with Gasteiger partial charge in [0, 0.05) is 0 Å². The van der Waals surface area contributed by atoms with Crippen molar-refractivity contribution >= 4 is 5.91 Å². The predicted octanol–water partition coefficient (Wildman–Crippen LogP) is 3.21. The molecule has 0 unspecified atom stereocenters. The van der Waals surface area contributed by atoms with E-state index in [9.17, 15) is 4.79 Å². The fourth-order valence-corrected chi connectivity index (χ4v) is 2.10. The molecule has 0 saturated heterocycles. The third-order valence-corrected chi connectivity index (χ3v) is 3.29. The number of benzene rings is 2. The van der Waals surface area contributed by atoms with E-state index in [0.29, 0.717) is 17.9 Å². The van der Waals surface area contributed by atoms with Crippen LogP contribution in [-0.2, 0) is 0 Å². The van der Waals surface area contributed by atoms with E-state index in [1.165, 1.54) is 0 Å². The fraction of sp³-hybridized carbons (Fsp3) is 0.250. The standard InChI is InChI=1S/C20H21NO3/c1-3-23-19-13-7-5-11-17(19)20(22)21-14-8-9-15-24-18-12-6-4-10-16(18)2/h4-7,10-13H,3,14-15H2,1-2H3,(H,21,22). The lowest BCUT2D eigenvalue weighted by atomic mass is 10.2. The zero-order chi connectivity index (χ0) is 17.2. The zero-order valence-corrected chi connectivity index (χ0v) is 14.0. The van der Waals surface area contributed by atoms with Crippen LogP contribution in [0.4, 0.5) is 0 Å². The quantitative estimate of drug-likeness (QED) is 0.831. The second-order valence-electron chi connectivity index (χ2n) is 5.02. The highest BCUT2D eigenvalue weighted by atomic mass is 16.5. The Bertz CT molecular complexity index is 744. The minimum atomic E-state index is -0.201. The third-order valence-electron chi connectivity index (χ3n) is 3.29. The molecule has 0 spiro atoms. The van der Waals surface area contributed by atoms with E-state index < -0.39 is 0 Å². The summed E-state index contributed by atoms with van der Waals surface area (Å²) in [5, 5.41) is 2.76. The lowest BCUT2D eigenvalue weighted by Gasteiger charge is -2.08. The predicted molar refractivity (Wildman–Crippen MR) is 94.4 cm³/mol. The van der Waals surface area contributed by atoms with Crippen LogP contribution >= 0.6 is 0 Å². The molecule has 0 heterocycles. The first kappa shape index (κ1) is 17.4. The Kier molecular flexibility index (Phi) is 6.73. The van der Waals surface area contributed by atoms with E-state index in [0.717, 1.165) is 11.3 Å². The molecule has 0 aliphatic heterocycles. The fourth-order valence-electron chi connectivity index (χ4n) is 2.10. The molecule has 0 aliphatic rings. The van der Waals surface area contributed by atoms with Gasteiger partial charge in [-0.15, -0.1) is 0 Å². The SMILES string of the molecule is CCOc1ccccc1C(=O)NCC#CCOc1ccccc1C. The molecule has 2 aromatic rings. The minimum absolute atomic E-state index is 0.201. The molecule has 0 aromatic heterocycles. The van der Waals surface area contributed by atoms with Gasteiger partial charge in [-0.2, -0.15) is 0 Å². The van der Waals surface area contributed by atoms with E-state index in [1.807, 2.05) is 44.2 Å². The van der Waals surface area contributed by atoms with Crippen molar-refractivity contribution in [1.82, 2.24) is 5.32 Å². The second-order valence-corrected chi connectivity index (χ2v) is 5.02. The van der Waals surface area contributed by atoms with Gasteiger partial charge in [-0.3, -0.25) is 4.79 Å². The summed E-state index contributed by atoms with van der Waals surface area (Å²) < 4.78 is 11.0. The molecule has 2 aromatic carbocycles. The number of nitrogens with one attached hydrogen (secondary N) is 1. The number of hydrogen-bond donors (Lipinski definition) is 1. The van der Waals surface area contributed by atoms with Crippen LogP contribution in [0.5, 0.6) is 11.5 Å². The topological polar surface area (TPSA) is 47.6 Å². The minimum Gasteiger partial charge on any atom is -0.493 e. The highest BCUT2D eigenvalue weighted by Gasteiger charge is 2.10. The summed E-state index contributed by atoms with van der Waals surface area (Å²) >= 11 is 0. The van der Waals surface area contributed by atoms with Crippen molar-refractivity contribution in [2.45, 2.75) is 13.8 Å². The summed E-state index contributed by atoms with van der Waals surface area (Å²) in [5.41, 5.74) is 1.58. The largest absolute Gasteiger partial charge is 0.493 e. The van der Waals surface area contributed by atoms with Gasteiger partial charge < -0.3 is 14.8 Å². The van der Waals surface area contributed by atoms with Crippen LogP contribution in [0.2, 0.25) is 0 Å². The molecule has 2 rings (SSSR count). The highest BCUT2D eigenvalue weighted by molar-refractivity contribution is 5.97. The van der Waals surface area contributed by atoms with Gasteiger partial charge in [-0.05, 0) is 37.6 Å². The molecule has 0 bridgehead atoms. The van der Waals surface area contributed by atoms with Crippen LogP contribution < -0.4 is 14.8 Å². The number of amides is 1. The smallest absolute Gasteiger partial charge is 0.255 e. The molecule has 0 atom stereocenters. The first-order valence-corrected chi connectivity index (χ1v) is 7.86. The molecular weight excluding hydrogens is 302 g/mol. The van der Waals surface area contributed by atoms with E-state index in [4.69, 9.17) is 9.47 Å². The van der Waals surface area contributed by atoms with Crippen LogP contribution in [0.1, 0.15) is 22.8 Å². The number of para-hydroxylation sites is 2. The van der Waals surface area contributed by atoms with Gasteiger partial charge in [0.1, 0.15) is 18.1 Å². The number of hydrogen-bond acceptors (Lipinski definition) is 3.